The van der Waals surface area contributed by atoms with E-state index < -0.39 is 5.97 Å². The van der Waals surface area contributed by atoms with E-state index in [0.717, 1.165) is 5.56 Å². The van der Waals surface area contributed by atoms with E-state index in [9.17, 15) is 9.59 Å². The number of aromatic carboxylic acids is 1. The van der Waals surface area contributed by atoms with Crippen LogP contribution in [0.5, 0.6) is 0 Å². The lowest BCUT2D eigenvalue weighted by atomic mass is 10.3. The van der Waals surface area contributed by atoms with Crippen molar-refractivity contribution in [2.45, 2.75) is 12.8 Å². The topological polar surface area (TPSA) is 141 Å². The summed E-state index contributed by atoms with van der Waals surface area (Å²) in [7, 11) is 0. The van der Waals surface area contributed by atoms with Gasteiger partial charge < -0.3 is 9.84 Å². The number of halogens is 1. The third-order valence-corrected chi connectivity index (χ3v) is 3.03. The number of hydrogen-bond acceptors (Lipinski definition) is 9. The summed E-state index contributed by atoms with van der Waals surface area (Å²) >= 11 is 5.46. The molecule has 1 N–H and O–H groups in total. The highest BCUT2D eigenvalue weighted by Gasteiger charge is 2.04. The molecule has 0 fully saturated rings. The van der Waals surface area contributed by atoms with Gasteiger partial charge in [0.1, 0.15) is 0 Å². The first kappa shape index (κ1) is 22.5. The zero-order valence-corrected chi connectivity index (χ0v) is 15.6. The van der Waals surface area contributed by atoms with Crippen molar-refractivity contribution in [2.24, 2.45) is 0 Å². The first-order valence-electron chi connectivity index (χ1n) is 7.83. The van der Waals surface area contributed by atoms with E-state index in [4.69, 9.17) is 21.4 Å². The van der Waals surface area contributed by atoms with Crippen LogP contribution in [0.15, 0.2) is 55.4 Å². The van der Waals surface area contributed by atoms with Crippen molar-refractivity contribution in [2.75, 3.05) is 6.61 Å². The van der Waals surface area contributed by atoms with Gasteiger partial charge in [-0.25, -0.2) is 9.59 Å². The number of carboxylic acids is 1. The van der Waals surface area contributed by atoms with Gasteiger partial charge in [-0.1, -0.05) is 0 Å². The highest BCUT2D eigenvalue weighted by atomic mass is 35.5. The van der Waals surface area contributed by atoms with Gasteiger partial charge in [0.25, 0.3) is 0 Å². The van der Waals surface area contributed by atoms with Crippen molar-refractivity contribution in [3.05, 3.63) is 72.1 Å². The zero-order valence-electron chi connectivity index (χ0n) is 14.8. The highest BCUT2D eigenvalue weighted by Crippen LogP contribution is 1.97. The molecule has 10 nitrogen and oxygen atoms in total. The maximum Gasteiger partial charge on any atom is 0.339 e. The predicted molar refractivity (Wildman–Crippen MR) is 98.6 cm³/mol. The maximum absolute atomic E-state index is 11.0. The number of hydrogen-bond donors (Lipinski definition) is 1. The van der Waals surface area contributed by atoms with Gasteiger partial charge in [-0.05, 0) is 30.7 Å². The molecule has 0 atom stereocenters. The number of nitrogens with zero attached hydrogens (tertiary/aromatic N) is 6. The summed E-state index contributed by atoms with van der Waals surface area (Å²) in [6.07, 6.45) is 8.63. The fraction of sp³-hybridized carbons (Fsp3) is 0.176. The lowest BCUT2D eigenvalue weighted by molar-refractivity contribution is 0.0525. The van der Waals surface area contributed by atoms with Gasteiger partial charge in [0.15, 0.2) is 0 Å². The molecule has 0 amide bonds. The number of rotatable bonds is 4. The zero-order chi connectivity index (χ0) is 20.6. The Morgan fingerprint density at radius 3 is 1.75 bits per heavy atom. The van der Waals surface area contributed by atoms with E-state index in [0.29, 0.717) is 18.1 Å². The monoisotopic (exact) mass is 404 g/mol. The second-order valence-corrected chi connectivity index (χ2v) is 4.94. The van der Waals surface area contributed by atoms with Crippen LogP contribution in [0.3, 0.4) is 0 Å². The van der Waals surface area contributed by atoms with Crippen LogP contribution in [0.4, 0.5) is 0 Å². The van der Waals surface area contributed by atoms with Crippen molar-refractivity contribution < 1.29 is 19.4 Å². The minimum Gasteiger partial charge on any atom is -0.478 e. The Morgan fingerprint density at radius 2 is 1.43 bits per heavy atom. The van der Waals surface area contributed by atoms with Gasteiger partial charge in [-0.15, -0.1) is 11.6 Å². The minimum atomic E-state index is -0.982. The van der Waals surface area contributed by atoms with E-state index in [1.165, 1.54) is 30.9 Å². The molecule has 0 aliphatic heterocycles. The van der Waals surface area contributed by atoms with Crippen molar-refractivity contribution in [1.29, 1.82) is 0 Å². The van der Waals surface area contributed by atoms with E-state index in [1.54, 1.807) is 25.4 Å². The molecule has 0 aliphatic rings. The molecule has 0 saturated heterocycles. The van der Waals surface area contributed by atoms with Gasteiger partial charge in [0.2, 0.25) is 0 Å². The number of esters is 1. The van der Waals surface area contributed by atoms with E-state index in [2.05, 4.69) is 30.6 Å². The molecule has 28 heavy (non-hydrogen) atoms. The van der Waals surface area contributed by atoms with Crippen LogP contribution in [0.25, 0.3) is 0 Å². The molecule has 11 heteroatoms. The summed E-state index contributed by atoms with van der Waals surface area (Å²) in [4.78, 5) is 21.1. The van der Waals surface area contributed by atoms with E-state index >= 15 is 0 Å². The van der Waals surface area contributed by atoms with Gasteiger partial charge in [-0.3, -0.25) is 0 Å². The molecular weight excluding hydrogens is 388 g/mol. The molecule has 0 aromatic carbocycles. The minimum absolute atomic E-state index is 0.157. The number of carboxylic acid groups (broad SMARTS) is 1. The van der Waals surface area contributed by atoms with Gasteiger partial charge >= 0.3 is 11.9 Å². The number of carbonyl (C=O) groups excluding carboxylic acids is 1. The Balaban J connectivity index is 0.000000213. The van der Waals surface area contributed by atoms with Crippen LogP contribution in [0.1, 0.15) is 33.2 Å². The van der Waals surface area contributed by atoms with Crippen LogP contribution in [0.2, 0.25) is 0 Å². The van der Waals surface area contributed by atoms with Gasteiger partial charge in [-0.2, -0.15) is 30.6 Å². The SMILES string of the molecule is CCOC(=O)c1ccnnc1.ClCc1ccnnc1.O=C(O)c1ccnnc1. The Labute approximate surface area is 165 Å². The van der Waals surface area contributed by atoms with Gasteiger partial charge in [0, 0.05) is 12.1 Å². The molecule has 3 rings (SSSR count). The van der Waals surface area contributed by atoms with Crippen molar-refractivity contribution in [1.82, 2.24) is 30.6 Å². The molecule has 0 unspecified atom stereocenters. The summed E-state index contributed by atoms with van der Waals surface area (Å²) in [5.41, 5.74) is 1.59. The fourth-order valence-electron chi connectivity index (χ4n) is 1.44. The quantitative estimate of drug-likeness (QED) is 0.507. The molecule has 0 saturated carbocycles. The Kier molecular flexibility index (Phi) is 11.0. The third-order valence-electron chi connectivity index (χ3n) is 2.73. The lowest BCUT2D eigenvalue weighted by Crippen LogP contribution is -2.04. The lowest BCUT2D eigenvalue weighted by Gasteiger charge is -1.98. The third kappa shape index (κ3) is 9.25. The average Bonchev–Trinajstić information content (AvgIpc) is 2.76. The standard InChI is InChI=1S/C7H8N2O2.C5H5ClN2.C5H4N2O2/c1-2-11-7(10)6-3-4-8-9-5-6;6-3-5-1-2-7-8-4-5;8-5(9)4-1-2-6-7-3-4/h3-5H,2H2,1H3;1-2,4H,3H2;1-3H,(H,8,9). The van der Waals surface area contributed by atoms with Crippen LogP contribution in [-0.2, 0) is 10.6 Å². The smallest absolute Gasteiger partial charge is 0.339 e. The molecular formula is C17H17ClN6O4. The normalized spacial score (nSPS) is 9.07. The summed E-state index contributed by atoms with van der Waals surface area (Å²) in [5.74, 6) is -0.831. The van der Waals surface area contributed by atoms with Crippen LogP contribution >= 0.6 is 11.6 Å². The van der Waals surface area contributed by atoms with E-state index in [-0.39, 0.29) is 11.5 Å². The number of alkyl halides is 1. The van der Waals surface area contributed by atoms with Crippen molar-refractivity contribution >= 4 is 23.5 Å². The summed E-state index contributed by atoms with van der Waals surface area (Å²) in [5, 5.41) is 29.4. The Morgan fingerprint density at radius 1 is 0.893 bits per heavy atom. The molecule has 146 valence electrons. The van der Waals surface area contributed by atoms with Crippen LogP contribution < -0.4 is 0 Å². The second-order valence-electron chi connectivity index (χ2n) is 4.67. The van der Waals surface area contributed by atoms with Crippen molar-refractivity contribution in [3.8, 4) is 0 Å². The first-order valence-corrected chi connectivity index (χ1v) is 8.37. The molecule has 0 radical (unpaired) electrons. The Bertz CT molecular complexity index is 825. The summed E-state index contributed by atoms with van der Waals surface area (Å²) < 4.78 is 4.72. The maximum atomic E-state index is 11.0. The predicted octanol–water partition coefficient (Wildman–Crippen LogP) is 2.04. The summed E-state index contributed by atoms with van der Waals surface area (Å²) in [6.45, 7) is 2.13. The van der Waals surface area contributed by atoms with Crippen LogP contribution in [0, 0.1) is 0 Å². The molecule has 0 spiro atoms. The number of aromatic nitrogens is 6. The largest absolute Gasteiger partial charge is 0.478 e. The second kappa shape index (κ2) is 13.6. The summed E-state index contributed by atoms with van der Waals surface area (Å²) in [6, 6.07) is 4.78. The Hall–Kier alpha value is -3.53. The number of carbonyl (C=O) groups is 2. The van der Waals surface area contributed by atoms with Crippen LogP contribution in [-0.4, -0.2) is 54.2 Å². The first-order chi connectivity index (χ1) is 13.6. The van der Waals surface area contributed by atoms with Crippen molar-refractivity contribution in [3.63, 3.8) is 0 Å². The molecule has 0 aliphatic carbocycles. The fourth-order valence-corrected chi connectivity index (χ4v) is 1.60. The molecule has 0 bridgehead atoms. The van der Waals surface area contributed by atoms with Gasteiger partial charge in [0.05, 0.1) is 48.7 Å². The van der Waals surface area contributed by atoms with E-state index in [1.807, 2.05) is 6.07 Å². The average molecular weight is 405 g/mol. The number of ether oxygens (including phenoxy) is 1. The highest BCUT2D eigenvalue weighted by molar-refractivity contribution is 6.17. The molecule has 3 aromatic heterocycles. The molecule has 3 heterocycles. The molecule has 3 aromatic rings.